The molecule has 22 heavy (non-hydrogen) atoms. The number of nitrogens with one attached hydrogen (secondary N) is 1. The zero-order valence-corrected chi connectivity index (χ0v) is 13.5. The standard InChI is InChI=1S/C15H20N2O4S/c1-3-5-9-14(15(18)21-4-2)17-22(19,20)13-8-6-7-12(10-13)11-16/h6-8,10,14,17H,3-5,9H2,1-2H3. The highest BCUT2D eigenvalue weighted by molar-refractivity contribution is 7.89. The molecule has 7 heteroatoms. The van der Waals surface area contributed by atoms with E-state index in [1.54, 1.807) is 6.92 Å². The molecule has 0 aliphatic rings. The third kappa shape index (κ3) is 5.13. The Hall–Kier alpha value is -1.91. The van der Waals surface area contributed by atoms with Crippen molar-refractivity contribution in [3.8, 4) is 6.07 Å². The second-order valence-electron chi connectivity index (χ2n) is 4.71. The number of rotatable bonds is 8. The number of hydrogen-bond donors (Lipinski definition) is 1. The number of carbonyl (C=O) groups is 1. The average Bonchev–Trinajstić information content (AvgIpc) is 2.51. The number of esters is 1. The minimum atomic E-state index is -3.89. The molecule has 1 atom stereocenters. The maximum Gasteiger partial charge on any atom is 0.324 e. The number of nitrogens with zero attached hydrogens (tertiary/aromatic N) is 1. The van der Waals surface area contributed by atoms with E-state index in [0.29, 0.717) is 12.8 Å². The fourth-order valence-corrected chi connectivity index (χ4v) is 3.13. The number of benzene rings is 1. The van der Waals surface area contributed by atoms with Crippen molar-refractivity contribution in [3.05, 3.63) is 29.8 Å². The van der Waals surface area contributed by atoms with Crippen molar-refractivity contribution in [3.63, 3.8) is 0 Å². The number of hydrogen-bond acceptors (Lipinski definition) is 5. The molecule has 1 aromatic carbocycles. The molecule has 0 bridgehead atoms. The van der Waals surface area contributed by atoms with Crippen LogP contribution in [0.15, 0.2) is 29.2 Å². The quantitative estimate of drug-likeness (QED) is 0.737. The number of ether oxygens (including phenoxy) is 1. The number of sulfonamides is 1. The maximum absolute atomic E-state index is 12.4. The van der Waals surface area contributed by atoms with E-state index in [-0.39, 0.29) is 17.1 Å². The Balaban J connectivity index is 2.98. The van der Waals surface area contributed by atoms with Crippen LogP contribution in [-0.2, 0) is 19.6 Å². The summed E-state index contributed by atoms with van der Waals surface area (Å²) in [4.78, 5) is 11.8. The summed E-state index contributed by atoms with van der Waals surface area (Å²) in [6, 6.07) is 6.61. The van der Waals surface area contributed by atoms with Crippen molar-refractivity contribution in [1.29, 1.82) is 5.26 Å². The van der Waals surface area contributed by atoms with Gasteiger partial charge in [-0.25, -0.2) is 8.42 Å². The predicted molar refractivity (Wildman–Crippen MR) is 81.4 cm³/mol. The third-order valence-corrected chi connectivity index (χ3v) is 4.46. The van der Waals surface area contributed by atoms with Crippen LogP contribution in [0.25, 0.3) is 0 Å². The molecule has 1 aromatic rings. The van der Waals surface area contributed by atoms with Crippen LogP contribution in [0, 0.1) is 11.3 Å². The average molecular weight is 324 g/mol. The number of nitriles is 1. The molecular weight excluding hydrogens is 304 g/mol. The van der Waals surface area contributed by atoms with E-state index in [4.69, 9.17) is 10.00 Å². The largest absolute Gasteiger partial charge is 0.465 e. The monoisotopic (exact) mass is 324 g/mol. The van der Waals surface area contributed by atoms with Crippen molar-refractivity contribution in [2.75, 3.05) is 6.61 Å². The van der Waals surface area contributed by atoms with Gasteiger partial charge in [0.2, 0.25) is 10.0 Å². The summed E-state index contributed by atoms with van der Waals surface area (Å²) in [6.45, 7) is 3.81. The molecule has 0 saturated carbocycles. The van der Waals surface area contributed by atoms with E-state index in [9.17, 15) is 13.2 Å². The summed E-state index contributed by atoms with van der Waals surface area (Å²) in [5.41, 5.74) is 0.240. The lowest BCUT2D eigenvalue weighted by molar-refractivity contribution is -0.145. The molecule has 0 amide bonds. The first-order valence-corrected chi connectivity index (χ1v) is 8.62. The molecule has 0 aliphatic heterocycles. The van der Waals surface area contributed by atoms with Gasteiger partial charge in [-0.2, -0.15) is 9.98 Å². The minimum Gasteiger partial charge on any atom is -0.465 e. The Morgan fingerprint density at radius 1 is 1.41 bits per heavy atom. The van der Waals surface area contributed by atoms with E-state index in [1.165, 1.54) is 24.3 Å². The smallest absolute Gasteiger partial charge is 0.324 e. The van der Waals surface area contributed by atoms with Crippen molar-refractivity contribution >= 4 is 16.0 Å². The van der Waals surface area contributed by atoms with Crippen LogP contribution in [-0.4, -0.2) is 27.0 Å². The maximum atomic E-state index is 12.4. The van der Waals surface area contributed by atoms with Crippen molar-refractivity contribution < 1.29 is 17.9 Å². The summed E-state index contributed by atoms with van der Waals surface area (Å²) < 4.78 is 32.0. The summed E-state index contributed by atoms with van der Waals surface area (Å²) in [6.07, 6.45) is 1.90. The van der Waals surface area contributed by atoms with Gasteiger partial charge in [-0.1, -0.05) is 25.8 Å². The topological polar surface area (TPSA) is 96.3 Å². The van der Waals surface area contributed by atoms with Gasteiger partial charge in [0, 0.05) is 0 Å². The Kier molecular flexibility index (Phi) is 7.02. The lowest BCUT2D eigenvalue weighted by Gasteiger charge is -2.17. The lowest BCUT2D eigenvalue weighted by Crippen LogP contribution is -2.41. The van der Waals surface area contributed by atoms with Crippen LogP contribution >= 0.6 is 0 Å². The summed E-state index contributed by atoms with van der Waals surface area (Å²) in [5.74, 6) is -0.587. The SMILES string of the molecule is CCCCC(NS(=O)(=O)c1cccc(C#N)c1)C(=O)OCC. The van der Waals surface area contributed by atoms with E-state index in [1.807, 2.05) is 13.0 Å². The summed E-state index contributed by atoms with van der Waals surface area (Å²) >= 11 is 0. The lowest BCUT2D eigenvalue weighted by atomic mass is 10.1. The number of unbranched alkanes of at least 4 members (excludes halogenated alkanes) is 1. The number of carbonyl (C=O) groups excluding carboxylic acids is 1. The molecule has 1 unspecified atom stereocenters. The molecule has 0 heterocycles. The molecule has 1 rings (SSSR count). The Morgan fingerprint density at radius 2 is 2.14 bits per heavy atom. The van der Waals surface area contributed by atoms with Crippen LogP contribution in [0.5, 0.6) is 0 Å². The molecule has 0 spiro atoms. The molecule has 1 N–H and O–H groups in total. The van der Waals surface area contributed by atoms with Gasteiger partial charge in [0.1, 0.15) is 6.04 Å². The van der Waals surface area contributed by atoms with Gasteiger partial charge in [-0.15, -0.1) is 0 Å². The highest BCUT2D eigenvalue weighted by atomic mass is 32.2. The van der Waals surface area contributed by atoms with Gasteiger partial charge in [0.15, 0.2) is 0 Å². The van der Waals surface area contributed by atoms with Crippen molar-refractivity contribution in [1.82, 2.24) is 4.72 Å². The van der Waals surface area contributed by atoms with Gasteiger partial charge < -0.3 is 4.74 Å². The molecule has 0 aliphatic carbocycles. The van der Waals surface area contributed by atoms with Crippen LogP contribution in [0.4, 0.5) is 0 Å². The zero-order chi connectivity index (χ0) is 16.6. The Bertz CT molecular complexity index is 650. The normalized spacial score (nSPS) is 12.4. The van der Waals surface area contributed by atoms with E-state index in [2.05, 4.69) is 4.72 Å². The molecule has 120 valence electrons. The van der Waals surface area contributed by atoms with Crippen LogP contribution in [0.3, 0.4) is 0 Å². The van der Waals surface area contributed by atoms with E-state index < -0.39 is 22.0 Å². The van der Waals surface area contributed by atoms with Crippen molar-refractivity contribution in [2.45, 2.75) is 44.0 Å². The Morgan fingerprint density at radius 3 is 2.73 bits per heavy atom. The highest BCUT2D eigenvalue weighted by Crippen LogP contribution is 2.13. The first-order chi connectivity index (χ1) is 10.4. The molecule has 0 radical (unpaired) electrons. The summed E-state index contributed by atoms with van der Waals surface area (Å²) in [5, 5.41) is 8.84. The van der Waals surface area contributed by atoms with Gasteiger partial charge in [0.25, 0.3) is 0 Å². The van der Waals surface area contributed by atoms with E-state index in [0.717, 1.165) is 6.42 Å². The molecule has 0 fully saturated rings. The highest BCUT2D eigenvalue weighted by Gasteiger charge is 2.26. The van der Waals surface area contributed by atoms with Gasteiger partial charge in [-0.05, 0) is 31.5 Å². The molecular formula is C15H20N2O4S. The van der Waals surface area contributed by atoms with Crippen LogP contribution < -0.4 is 4.72 Å². The first-order valence-electron chi connectivity index (χ1n) is 7.13. The molecule has 0 aromatic heterocycles. The second-order valence-corrected chi connectivity index (χ2v) is 6.42. The van der Waals surface area contributed by atoms with Crippen LogP contribution in [0.1, 0.15) is 38.7 Å². The molecule has 0 saturated heterocycles. The van der Waals surface area contributed by atoms with Gasteiger partial charge in [0.05, 0.1) is 23.1 Å². The predicted octanol–water partition coefficient (Wildman–Crippen LogP) is 1.96. The zero-order valence-electron chi connectivity index (χ0n) is 12.7. The molecule has 6 nitrogen and oxygen atoms in total. The second kappa shape index (κ2) is 8.51. The fraction of sp³-hybridized carbons (Fsp3) is 0.467. The van der Waals surface area contributed by atoms with Crippen molar-refractivity contribution in [2.24, 2.45) is 0 Å². The Labute approximate surface area is 131 Å². The third-order valence-electron chi connectivity index (χ3n) is 2.99. The van der Waals surface area contributed by atoms with Crippen LogP contribution in [0.2, 0.25) is 0 Å². The summed E-state index contributed by atoms with van der Waals surface area (Å²) in [7, 11) is -3.89. The van der Waals surface area contributed by atoms with E-state index >= 15 is 0 Å². The van der Waals surface area contributed by atoms with Gasteiger partial charge >= 0.3 is 5.97 Å². The minimum absolute atomic E-state index is 0.0441. The fourth-order valence-electron chi connectivity index (χ4n) is 1.86. The van der Waals surface area contributed by atoms with Gasteiger partial charge in [-0.3, -0.25) is 4.79 Å². The first kappa shape index (κ1) is 18.1.